The summed E-state index contributed by atoms with van der Waals surface area (Å²) in [5.41, 5.74) is 0.716. The monoisotopic (exact) mass is 334 g/mol. The Morgan fingerprint density at radius 2 is 1.79 bits per heavy atom. The number of esters is 1. The first-order valence-corrected chi connectivity index (χ1v) is 7.55. The van der Waals surface area contributed by atoms with Crippen LogP contribution in [0.5, 0.6) is 5.75 Å². The van der Waals surface area contributed by atoms with E-state index in [0.29, 0.717) is 17.0 Å². The number of hydrogen-bond donors (Lipinski definition) is 2. The Kier molecular flexibility index (Phi) is 8.33. The quantitative estimate of drug-likeness (QED) is 0.391. The smallest absolute Gasteiger partial charge is 0.351 e. The highest BCUT2D eigenvalue weighted by Crippen LogP contribution is 2.26. The summed E-state index contributed by atoms with van der Waals surface area (Å²) in [6.07, 6.45) is 0. The molecular weight excluding hydrogens is 312 g/mol. The highest BCUT2D eigenvalue weighted by Gasteiger charge is 2.23. The zero-order chi connectivity index (χ0) is 17.9. The van der Waals surface area contributed by atoms with Crippen LogP contribution < -0.4 is 4.74 Å². The molecule has 0 radical (unpaired) electrons. The lowest BCUT2D eigenvalue weighted by molar-refractivity contribution is -0.138. The number of nitriles is 1. The molecular formula is C17H22N2O5. The average Bonchev–Trinajstić information content (AvgIpc) is 2.60. The molecule has 0 saturated carbocycles. The number of nitrogens with zero attached hydrogens (tertiary/aromatic N) is 2. The van der Waals surface area contributed by atoms with E-state index in [2.05, 4.69) is 0 Å². The van der Waals surface area contributed by atoms with Gasteiger partial charge in [0.1, 0.15) is 11.8 Å². The fourth-order valence-corrected chi connectivity index (χ4v) is 2.21. The largest absolute Gasteiger partial charge is 0.497 e. The fourth-order valence-electron chi connectivity index (χ4n) is 2.21. The van der Waals surface area contributed by atoms with Gasteiger partial charge in [0.2, 0.25) is 0 Å². The number of carbonyl (C=O) groups is 1. The van der Waals surface area contributed by atoms with Crippen molar-refractivity contribution in [1.29, 1.82) is 5.26 Å². The second kappa shape index (κ2) is 10.3. The molecule has 130 valence electrons. The van der Waals surface area contributed by atoms with E-state index in [0.717, 1.165) is 0 Å². The van der Waals surface area contributed by atoms with Crippen LogP contribution in [0.3, 0.4) is 0 Å². The molecule has 24 heavy (non-hydrogen) atoms. The molecule has 0 heterocycles. The van der Waals surface area contributed by atoms with Gasteiger partial charge in [-0.2, -0.15) is 5.26 Å². The number of aliphatic hydroxyl groups is 2. The molecule has 0 bridgehead atoms. The Morgan fingerprint density at radius 3 is 2.21 bits per heavy atom. The predicted octanol–water partition coefficient (Wildman–Crippen LogP) is 0.780. The Hall–Kier alpha value is -2.56. The molecule has 0 fully saturated rings. The summed E-state index contributed by atoms with van der Waals surface area (Å²) in [5.74, 6) is -0.115. The molecule has 0 amide bonds. The molecule has 0 spiro atoms. The molecule has 1 aromatic carbocycles. The van der Waals surface area contributed by atoms with Gasteiger partial charge in [-0.05, 0) is 36.8 Å². The average molecular weight is 334 g/mol. The molecule has 7 nitrogen and oxygen atoms in total. The van der Waals surface area contributed by atoms with Crippen LogP contribution in [0, 0.1) is 11.3 Å². The minimum absolute atomic E-state index is 0.139. The van der Waals surface area contributed by atoms with Gasteiger partial charge in [-0.15, -0.1) is 0 Å². The van der Waals surface area contributed by atoms with E-state index in [9.17, 15) is 20.3 Å². The molecule has 0 aromatic heterocycles. The number of carbonyl (C=O) groups excluding carboxylic acids is 1. The van der Waals surface area contributed by atoms with Crippen molar-refractivity contribution in [3.05, 3.63) is 35.4 Å². The molecule has 1 aromatic rings. The van der Waals surface area contributed by atoms with Gasteiger partial charge in [-0.1, -0.05) is 0 Å². The molecule has 1 rings (SSSR count). The molecule has 0 aliphatic rings. The second-order valence-electron chi connectivity index (χ2n) is 4.72. The number of hydrogen-bond acceptors (Lipinski definition) is 7. The van der Waals surface area contributed by atoms with Gasteiger partial charge in [-0.3, -0.25) is 0 Å². The summed E-state index contributed by atoms with van der Waals surface area (Å²) >= 11 is 0. The molecule has 0 aliphatic carbocycles. The van der Waals surface area contributed by atoms with Crippen LogP contribution in [0.1, 0.15) is 12.5 Å². The zero-order valence-electron chi connectivity index (χ0n) is 13.9. The number of methoxy groups -OCH3 is 1. The molecule has 0 aliphatic heterocycles. The molecule has 0 atom stereocenters. The van der Waals surface area contributed by atoms with Crippen LogP contribution in [-0.4, -0.2) is 61.1 Å². The third-order valence-electron chi connectivity index (χ3n) is 3.25. The van der Waals surface area contributed by atoms with Crippen LogP contribution in [0.25, 0.3) is 5.70 Å². The highest BCUT2D eigenvalue weighted by molar-refractivity contribution is 6.01. The first-order chi connectivity index (χ1) is 11.6. The topological polar surface area (TPSA) is 103 Å². The van der Waals surface area contributed by atoms with Gasteiger partial charge in [0.25, 0.3) is 0 Å². The van der Waals surface area contributed by atoms with Gasteiger partial charge < -0.3 is 24.6 Å². The first-order valence-electron chi connectivity index (χ1n) is 7.55. The van der Waals surface area contributed by atoms with Crippen LogP contribution in [0.15, 0.2) is 29.8 Å². The van der Waals surface area contributed by atoms with Gasteiger partial charge in [0.05, 0.1) is 32.6 Å². The van der Waals surface area contributed by atoms with Crippen LogP contribution >= 0.6 is 0 Å². The maximum absolute atomic E-state index is 12.1. The van der Waals surface area contributed by atoms with E-state index in [4.69, 9.17) is 9.47 Å². The van der Waals surface area contributed by atoms with Crippen molar-refractivity contribution in [2.45, 2.75) is 6.92 Å². The Balaban J connectivity index is 3.47. The van der Waals surface area contributed by atoms with E-state index in [-0.39, 0.29) is 38.5 Å². The highest BCUT2D eigenvalue weighted by atomic mass is 16.5. The van der Waals surface area contributed by atoms with Crippen molar-refractivity contribution >= 4 is 11.7 Å². The standard InChI is InChI=1S/C17H22N2O5/c1-3-24-17(22)15(12-18)16(19(8-10-20)9-11-21)13-4-6-14(23-2)7-5-13/h4-7,20-21H,3,8-11H2,1-2H3/b16-15+. The first kappa shape index (κ1) is 19.5. The minimum atomic E-state index is -0.744. The third-order valence-corrected chi connectivity index (χ3v) is 3.25. The molecule has 7 heteroatoms. The fraction of sp³-hybridized carbons (Fsp3) is 0.412. The lowest BCUT2D eigenvalue weighted by Gasteiger charge is -2.27. The van der Waals surface area contributed by atoms with Crippen molar-refractivity contribution in [2.75, 3.05) is 40.0 Å². The Bertz CT molecular complexity index is 598. The lowest BCUT2D eigenvalue weighted by Crippen LogP contribution is -2.30. The zero-order valence-corrected chi connectivity index (χ0v) is 13.9. The van der Waals surface area contributed by atoms with E-state index in [1.807, 2.05) is 6.07 Å². The van der Waals surface area contributed by atoms with Crippen molar-refractivity contribution in [2.24, 2.45) is 0 Å². The van der Waals surface area contributed by atoms with Crippen molar-refractivity contribution in [3.63, 3.8) is 0 Å². The maximum Gasteiger partial charge on any atom is 0.351 e. The predicted molar refractivity (Wildman–Crippen MR) is 87.9 cm³/mol. The molecule has 0 saturated heterocycles. The van der Waals surface area contributed by atoms with E-state index in [1.165, 1.54) is 7.11 Å². The maximum atomic E-state index is 12.1. The number of aliphatic hydroxyl groups excluding tert-OH is 2. The van der Waals surface area contributed by atoms with Crippen molar-refractivity contribution < 1.29 is 24.5 Å². The summed E-state index contributed by atoms with van der Waals surface area (Å²) in [5, 5.41) is 28.0. The normalized spacial score (nSPS) is 11.3. The third kappa shape index (κ3) is 4.98. The Morgan fingerprint density at radius 1 is 1.21 bits per heavy atom. The lowest BCUT2D eigenvalue weighted by atomic mass is 10.0. The summed E-state index contributed by atoms with van der Waals surface area (Å²) in [4.78, 5) is 13.7. The van der Waals surface area contributed by atoms with Gasteiger partial charge in [0, 0.05) is 13.1 Å². The van der Waals surface area contributed by atoms with E-state index in [1.54, 1.807) is 36.1 Å². The molecule has 0 unspecified atom stereocenters. The van der Waals surface area contributed by atoms with E-state index >= 15 is 0 Å². The number of rotatable bonds is 9. The van der Waals surface area contributed by atoms with Crippen molar-refractivity contribution in [1.82, 2.24) is 4.90 Å². The van der Waals surface area contributed by atoms with Crippen molar-refractivity contribution in [3.8, 4) is 11.8 Å². The van der Waals surface area contributed by atoms with Crippen LogP contribution in [0.4, 0.5) is 0 Å². The van der Waals surface area contributed by atoms with Crippen LogP contribution in [-0.2, 0) is 9.53 Å². The van der Waals surface area contributed by atoms with Gasteiger partial charge in [0.15, 0.2) is 5.57 Å². The van der Waals surface area contributed by atoms with Crippen LogP contribution in [0.2, 0.25) is 0 Å². The summed E-state index contributed by atoms with van der Waals surface area (Å²) in [6.45, 7) is 1.72. The Labute approximate surface area is 141 Å². The van der Waals surface area contributed by atoms with Gasteiger partial charge in [-0.25, -0.2) is 4.79 Å². The minimum Gasteiger partial charge on any atom is -0.497 e. The summed E-state index contributed by atoms with van der Waals surface area (Å²) < 4.78 is 10.1. The SMILES string of the molecule is CCOC(=O)/C(C#N)=C(\c1ccc(OC)cc1)N(CCO)CCO. The second-order valence-corrected chi connectivity index (χ2v) is 4.72. The summed E-state index contributed by atoms with van der Waals surface area (Å²) in [6, 6.07) is 8.68. The number of benzene rings is 1. The molecule has 2 N–H and O–H groups in total. The summed E-state index contributed by atoms with van der Waals surface area (Å²) in [7, 11) is 1.54. The van der Waals surface area contributed by atoms with E-state index < -0.39 is 5.97 Å². The van der Waals surface area contributed by atoms with Gasteiger partial charge >= 0.3 is 5.97 Å². The number of ether oxygens (including phenoxy) is 2.